The van der Waals surface area contributed by atoms with Crippen LogP contribution in [-0.4, -0.2) is 50.9 Å². The molecule has 0 aliphatic carbocycles. The Morgan fingerprint density at radius 3 is 2.17 bits per heavy atom. The number of carbonyl (C=O) groups is 2. The number of ether oxygens (including phenoxy) is 1. The van der Waals surface area contributed by atoms with Crippen molar-refractivity contribution in [2.75, 3.05) is 18.0 Å². The summed E-state index contributed by atoms with van der Waals surface area (Å²) in [4.78, 5) is 28.9. The zero-order valence-electron chi connectivity index (χ0n) is 23.2. The van der Waals surface area contributed by atoms with Gasteiger partial charge in [0, 0.05) is 17.6 Å². The molecule has 0 saturated heterocycles. The molecule has 0 saturated carbocycles. The molecule has 0 radical (unpaired) electrons. The van der Waals surface area contributed by atoms with E-state index in [9.17, 15) is 18.0 Å². The molecule has 8 nitrogen and oxygen atoms in total. The molecule has 1 N–H and O–H groups in total. The summed E-state index contributed by atoms with van der Waals surface area (Å²) < 4.78 is 34.3. The van der Waals surface area contributed by atoms with Crippen LogP contribution >= 0.6 is 11.6 Å². The second-order valence-corrected chi connectivity index (χ2v) is 11.6. The molecule has 0 spiro atoms. The molecule has 0 aliphatic rings. The molecule has 0 aliphatic heterocycles. The number of sulfonamides is 1. The maximum Gasteiger partial charge on any atom is 0.264 e. The second kappa shape index (κ2) is 14.2. The number of benzene rings is 3. The van der Waals surface area contributed by atoms with Crippen LogP contribution in [0.4, 0.5) is 5.69 Å². The van der Waals surface area contributed by atoms with Crippen molar-refractivity contribution in [1.29, 1.82) is 0 Å². The summed E-state index contributed by atoms with van der Waals surface area (Å²) in [7, 11) is -2.76. The molecule has 3 rings (SSSR count). The monoisotopic (exact) mass is 585 g/mol. The number of methoxy groups -OCH3 is 1. The third-order valence-electron chi connectivity index (χ3n) is 6.65. The van der Waals surface area contributed by atoms with Crippen molar-refractivity contribution in [3.63, 3.8) is 0 Å². The number of carbonyl (C=O) groups excluding carboxylic acids is 2. The number of amides is 2. The van der Waals surface area contributed by atoms with Crippen LogP contribution in [0.25, 0.3) is 0 Å². The van der Waals surface area contributed by atoms with Crippen LogP contribution < -0.4 is 14.4 Å². The topological polar surface area (TPSA) is 96.0 Å². The van der Waals surface area contributed by atoms with Gasteiger partial charge in [0.15, 0.2) is 0 Å². The summed E-state index contributed by atoms with van der Waals surface area (Å²) in [6.45, 7) is 5.12. The largest absolute Gasteiger partial charge is 0.495 e. The van der Waals surface area contributed by atoms with Gasteiger partial charge in [0.1, 0.15) is 18.3 Å². The molecule has 40 heavy (non-hydrogen) atoms. The van der Waals surface area contributed by atoms with Gasteiger partial charge >= 0.3 is 0 Å². The molecule has 0 bridgehead atoms. The Hall–Kier alpha value is -3.56. The summed E-state index contributed by atoms with van der Waals surface area (Å²) in [5.41, 5.74) is 0.846. The molecule has 0 heterocycles. The van der Waals surface area contributed by atoms with Gasteiger partial charge in [-0.05, 0) is 55.7 Å². The highest BCUT2D eigenvalue weighted by molar-refractivity contribution is 7.92. The summed E-state index contributed by atoms with van der Waals surface area (Å²) in [6, 6.07) is 20.6. The number of nitrogens with zero attached hydrogens (tertiary/aromatic N) is 2. The maximum absolute atomic E-state index is 14.1. The number of para-hydroxylation sites is 2. The second-order valence-electron chi connectivity index (χ2n) is 9.35. The quantitative estimate of drug-likeness (QED) is 0.295. The molecule has 3 aromatic rings. The summed E-state index contributed by atoms with van der Waals surface area (Å²) >= 11 is 6.44. The van der Waals surface area contributed by atoms with Crippen molar-refractivity contribution in [2.45, 2.75) is 57.1 Å². The van der Waals surface area contributed by atoms with Crippen LogP contribution in [0.5, 0.6) is 5.75 Å². The highest BCUT2D eigenvalue weighted by Gasteiger charge is 2.35. The fraction of sp³-hybridized carbons (Fsp3) is 0.333. The third-order valence-corrected chi connectivity index (χ3v) is 8.79. The Kier molecular flexibility index (Phi) is 11.0. The lowest BCUT2D eigenvalue weighted by Gasteiger charge is -2.34. The lowest BCUT2D eigenvalue weighted by Crippen LogP contribution is -2.53. The minimum Gasteiger partial charge on any atom is -0.495 e. The zero-order chi connectivity index (χ0) is 29.3. The van der Waals surface area contributed by atoms with E-state index in [1.165, 1.54) is 24.1 Å². The lowest BCUT2D eigenvalue weighted by atomic mass is 10.1. The number of rotatable bonds is 13. The normalized spacial score (nSPS) is 12.7. The molecule has 10 heteroatoms. The molecule has 0 fully saturated rings. The van der Waals surface area contributed by atoms with E-state index in [0.29, 0.717) is 17.0 Å². The lowest BCUT2D eigenvalue weighted by molar-refractivity contribution is -0.140. The van der Waals surface area contributed by atoms with Gasteiger partial charge in [-0.2, -0.15) is 0 Å². The van der Waals surface area contributed by atoms with E-state index < -0.39 is 28.5 Å². The Bertz CT molecular complexity index is 1400. The maximum atomic E-state index is 14.1. The van der Waals surface area contributed by atoms with Gasteiger partial charge < -0.3 is 15.0 Å². The van der Waals surface area contributed by atoms with Crippen LogP contribution in [0, 0.1) is 0 Å². The third kappa shape index (κ3) is 7.34. The average molecular weight is 586 g/mol. The smallest absolute Gasteiger partial charge is 0.264 e. The first-order chi connectivity index (χ1) is 19.1. The predicted octanol–water partition coefficient (Wildman–Crippen LogP) is 5.27. The molecule has 0 unspecified atom stereocenters. The molecular formula is C30H36ClN3O5S. The molecule has 214 valence electrons. The van der Waals surface area contributed by atoms with Crippen LogP contribution in [0.1, 0.15) is 39.2 Å². The summed E-state index contributed by atoms with van der Waals surface area (Å²) in [6.07, 6.45) is 1.04. The van der Waals surface area contributed by atoms with E-state index in [1.54, 1.807) is 66.7 Å². The van der Waals surface area contributed by atoms with Gasteiger partial charge in [0.2, 0.25) is 11.8 Å². The molecule has 2 atom stereocenters. The summed E-state index contributed by atoms with van der Waals surface area (Å²) in [5.74, 6) is -0.586. The first kappa shape index (κ1) is 31.0. The Morgan fingerprint density at radius 2 is 1.55 bits per heavy atom. The van der Waals surface area contributed by atoms with E-state index in [2.05, 4.69) is 5.32 Å². The average Bonchev–Trinajstić information content (AvgIpc) is 2.96. The SMILES string of the molecule is CC[C@H](C)NC(=O)[C@H](CC)N(Cc1ccccc1Cl)C(=O)CN(c1ccccc1OC)S(=O)(=O)c1ccccc1. The van der Waals surface area contributed by atoms with Crippen molar-refractivity contribution in [1.82, 2.24) is 10.2 Å². The number of halogens is 1. The highest BCUT2D eigenvalue weighted by Crippen LogP contribution is 2.32. The van der Waals surface area contributed by atoms with E-state index >= 15 is 0 Å². The van der Waals surface area contributed by atoms with Gasteiger partial charge in [-0.3, -0.25) is 13.9 Å². The number of anilines is 1. The van der Waals surface area contributed by atoms with E-state index in [0.717, 1.165) is 10.7 Å². The van der Waals surface area contributed by atoms with Crippen LogP contribution in [0.3, 0.4) is 0 Å². The predicted molar refractivity (Wildman–Crippen MR) is 158 cm³/mol. The van der Waals surface area contributed by atoms with Gasteiger partial charge in [-0.25, -0.2) is 8.42 Å². The molecule has 3 aromatic carbocycles. The Morgan fingerprint density at radius 1 is 0.925 bits per heavy atom. The number of hydrogen-bond acceptors (Lipinski definition) is 5. The summed E-state index contributed by atoms with van der Waals surface area (Å²) in [5, 5.41) is 3.40. The van der Waals surface area contributed by atoms with Crippen LogP contribution in [-0.2, 0) is 26.2 Å². The van der Waals surface area contributed by atoms with Gasteiger partial charge in [0.05, 0.1) is 17.7 Å². The van der Waals surface area contributed by atoms with Gasteiger partial charge in [0.25, 0.3) is 10.0 Å². The van der Waals surface area contributed by atoms with Gasteiger partial charge in [-0.1, -0.05) is 74.0 Å². The van der Waals surface area contributed by atoms with Crippen molar-refractivity contribution < 1.29 is 22.7 Å². The molecule has 0 aromatic heterocycles. The first-order valence-electron chi connectivity index (χ1n) is 13.2. The van der Waals surface area contributed by atoms with Crippen molar-refractivity contribution >= 4 is 39.1 Å². The Balaban J connectivity index is 2.10. The van der Waals surface area contributed by atoms with Crippen LogP contribution in [0.15, 0.2) is 83.8 Å². The van der Waals surface area contributed by atoms with Crippen molar-refractivity contribution in [3.05, 3.63) is 89.4 Å². The fourth-order valence-electron chi connectivity index (χ4n) is 4.24. The minimum atomic E-state index is -4.19. The van der Waals surface area contributed by atoms with Crippen molar-refractivity contribution in [2.24, 2.45) is 0 Å². The van der Waals surface area contributed by atoms with E-state index in [4.69, 9.17) is 16.3 Å². The van der Waals surface area contributed by atoms with E-state index in [1.807, 2.05) is 20.8 Å². The number of nitrogens with one attached hydrogen (secondary N) is 1. The first-order valence-corrected chi connectivity index (χ1v) is 15.0. The standard InChI is InChI=1S/C30H36ClN3O5S/c1-5-22(3)32-30(36)26(6-2)33(20-23-14-10-11-17-25(23)31)29(35)21-34(27-18-12-13-19-28(27)39-4)40(37,38)24-15-8-7-9-16-24/h7-19,22,26H,5-6,20-21H2,1-4H3,(H,32,36)/t22-,26-/m0/s1. The minimum absolute atomic E-state index is 0.0212. The fourth-order valence-corrected chi connectivity index (χ4v) is 5.88. The number of hydrogen-bond donors (Lipinski definition) is 1. The zero-order valence-corrected chi connectivity index (χ0v) is 24.8. The van der Waals surface area contributed by atoms with Gasteiger partial charge in [-0.15, -0.1) is 0 Å². The Labute approximate surface area is 241 Å². The molecule has 2 amide bonds. The van der Waals surface area contributed by atoms with Crippen molar-refractivity contribution in [3.8, 4) is 5.75 Å². The molecular weight excluding hydrogens is 550 g/mol. The van der Waals surface area contributed by atoms with E-state index in [-0.39, 0.29) is 34.8 Å². The van der Waals surface area contributed by atoms with Crippen LogP contribution in [0.2, 0.25) is 5.02 Å². The highest BCUT2D eigenvalue weighted by atomic mass is 35.5.